The fraction of sp³-hybridized carbons (Fsp3) is 0.450. The minimum Gasteiger partial charge on any atom is -0.350 e. The summed E-state index contributed by atoms with van der Waals surface area (Å²) < 4.78 is 27.2. The number of nitrogens with two attached hydrogens (primary N) is 1. The first-order chi connectivity index (χ1) is 13.0. The number of nitrogens with one attached hydrogen (secondary N) is 1. The van der Waals surface area contributed by atoms with Crippen LogP contribution in [0.3, 0.4) is 0 Å². The summed E-state index contributed by atoms with van der Waals surface area (Å²) in [5.41, 5.74) is 6.47. The van der Waals surface area contributed by atoms with E-state index >= 15 is 0 Å². The van der Waals surface area contributed by atoms with Crippen LogP contribution in [0.5, 0.6) is 0 Å². The van der Waals surface area contributed by atoms with Gasteiger partial charge in [-0.05, 0) is 36.3 Å². The molecule has 0 spiro atoms. The Kier molecular flexibility index (Phi) is 6.17. The zero-order chi connectivity index (χ0) is 19.0. The Morgan fingerprint density at radius 3 is 2.50 bits per heavy atom. The zero-order valence-electron chi connectivity index (χ0n) is 15.6. The lowest BCUT2D eigenvalue weighted by Crippen LogP contribution is -2.49. The number of benzene rings is 2. The number of amides is 1. The van der Waals surface area contributed by atoms with E-state index in [1.807, 2.05) is 18.2 Å². The first kappa shape index (κ1) is 20.9. The van der Waals surface area contributed by atoms with Gasteiger partial charge in [0.1, 0.15) is 6.54 Å². The second-order valence-electron chi connectivity index (χ2n) is 7.45. The maximum absolute atomic E-state index is 13.0. The summed E-state index contributed by atoms with van der Waals surface area (Å²) in [7, 11) is -3.72. The van der Waals surface area contributed by atoms with E-state index in [9.17, 15) is 13.2 Å². The second-order valence-corrected chi connectivity index (χ2v) is 9.28. The van der Waals surface area contributed by atoms with Crippen LogP contribution in [-0.4, -0.2) is 33.5 Å². The van der Waals surface area contributed by atoms with Crippen molar-refractivity contribution in [2.45, 2.75) is 43.0 Å². The average Bonchev–Trinajstić information content (AvgIpc) is 2.90. The first-order valence-corrected chi connectivity index (χ1v) is 11.0. The van der Waals surface area contributed by atoms with Gasteiger partial charge in [0, 0.05) is 18.0 Å². The highest BCUT2D eigenvalue weighted by molar-refractivity contribution is 7.93. The predicted molar refractivity (Wildman–Crippen MR) is 113 cm³/mol. The number of anilines is 1. The molecule has 2 aromatic carbocycles. The number of carbonyl (C=O) groups is 1. The smallest absolute Gasteiger partial charge is 0.265 e. The molecule has 1 amide bonds. The Morgan fingerprint density at radius 2 is 1.82 bits per heavy atom. The van der Waals surface area contributed by atoms with Gasteiger partial charge in [0.15, 0.2) is 0 Å². The minimum absolute atomic E-state index is 0. The number of carbonyl (C=O) groups excluding carboxylic acids is 1. The highest BCUT2D eigenvalue weighted by atomic mass is 35.5. The zero-order valence-corrected chi connectivity index (χ0v) is 17.3. The Balaban J connectivity index is 0.00000225. The summed E-state index contributed by atoms with van der Waals surface area (Å²) in [6.45, 7) is 0.151. The molecule has 8 heteroatoms. The number of halogens is 1. The lowest BCUT2D eigenvalue weighted by Gasteiger charge is -2.30. The maximum atomic E-state index is 13.0. The summed E-state index contributed by atoms with van der Waals surface area (Å²) in [6, 6.07) is 10.6. The third-order valence-corrected chi connectivity index (χ3v) is 7.59. The monoisotopic (exact) mass is 423 g/mol. The molecule has 0 saturated heterocycles. The molecule has 1 saturated carbocycles. The summed E-state index contributed by atoms with van der Waals surface area (Å²) in [6.07, 6.45) is 5.68. The van der Waals surface area contributed by atoms with Gasteiger partial charge < -0.3 is 11.1 Å². The Morgan fingerprint density at radius 1 is 1.14 bits per heavy atom. The van der Waals surface area contributed by atoms with E-state index in [2.05, 4.69) is 5.32 Å². The van der Waals surface area contributed by atoms with E-state index in [0.717, 1.165) is 31.1 Å². The quantitative estimate of drug-likeness (QED) is 0.773. The lowest BCUT2D eigenvalue weighted by atomic mass is 9.84. The molecule has 1 atom stereocenters. The van der Waals surface area contributed by atoms with Gasteiger partial charge in [-0.1, -0.05) is 43.5 Å². The van der Waals surface area contributed by atoms with Crippen LogP contribution in [0, 0.1) is 5.92 Å². The van der Waals surface area contributed by atoms with Crippen molar-refractivity contribution in [3.63, 3.8) is 0 Å². The minimum atomic E-state index is -3.72. The Bertz CT molecular complexity index is 969. The maximum Gasteiger partial charge on any atom is 0.265 e. The molecule has 3 N–H and O–H groups in total. The van der Waals surface area contributed by atoms with E-state index in [4.69, 9.17) is 5.73 Å². The number of nitrogens with zero attached hydrogens (tertiary/aromatic N) is 1. The molecule has 28 heavy (non-hydrogen) atoms. The van der Waals surface area contributed by atoms with Gasteiger partial charge in [0.05, 0.1) is 10.6 Å². The van der Waals surface area contributed by atoms with Crippen molar-refractivity contribution < 1.29 is 13.2 Å². The highest BCUT2D eigenvalue weighted by Gasteiger charge is 2.37. The average molecular weight is 424 g/mol. The van der Waals surface area contributed by atoms with E-state index in [1.54, 1.807) is 18.2 Å². The van der Waals surface area contributed by atoms with Crippen molar-refractivity contribution in [3.8, 4) is 0 Å². The van der Waals surface area contributed by atoms with Gasteiger partial charge in [-0.3, -0.25) is 9.10 Å². The molecule has 1 fully saturated rings. The Labute approximate surface area is 171 Å². The predicted octanol–water partition coefficient (Wildman–Crippen LogP) is 2.79. The highest BCUT2D eigenvalue weighted by Crippen LogP contribution is 2.41. The second kappa shape index (κ2) is 8.27. The summed E-state index contributed by atoms with van der Waals surface area (Å²) in [5, 5.41) is 4.54. The fourth-order valence-corrected chi connectivity index (χ4v) is 6.08. The van der Waals surface area contributed by atoms with Gasteiger partial charge in [-0.25, -0.2) is 8.42 Å². The molecule has 0 aromatic heterocycles. The molecule has 0 radical (unpaired) electrons. The molecule has 2 aliphatic rings. The topological polar surface area (TPSA) is 92.5 Å². The van der Waals surface area contributed by atoms with Crippen molar-refractivity contribution in [3.05, 3.63) is 36.4 Å². The van der Waals surface area contributed by atoms with E-state index < -0.39 is 10.0 Å². The molecule has 6 nitrogen and oxygen atoms in total. The van der Waals surface area contributed by atoms with Crippen molar-refractivity contribution >= 4 is 44.8 Å². The molecule has 0 bridgehead atoms. The Hall–Kier alpha value is -1.83. The third kappa shape index (κ3) is 3.58. The van der Waals surface area contributed by atoms with Crippen molar-refractivity contribution in [2.75, 3.05) is 17.4 Å². The van der Waals surface area contributed by atoms with Crippen LogP contribution in [0.1, 0.15) is 32.1 Å². The molecular formula is C20H26ClN3O3S. The van der Waals surface area contributed by atoms with E-state index in [0.29, 0.717) is 23.5 Å². The molecule has 1 heterocycles. The molecule has 2 aromatic rings. The number of hydrogen-bond donors (Lipinski definition) is 2. The van der Waals surface area contributed by atoms with Crippen LogP contribution in [0.2, 0.25) is 0 Å². The van der Waals surface area contributed by atoms with Gasteiger partial charge in [0.25, 0.3) is 10.0 Å². The van der Waals surface area contributed by atoms with Crippen molar-refractivity contribution in [1.29, 1.82) is 0 Å². The van der Waals surface area contributed by atoms with E-state index in [-0.39, 0.29) is 35.8 Å². The molecule has 1 unspecified atom stereocenters. The van der Waals surface area contributed by atoms with Gasteiger partial charge in [-0.2, -0.15) is 0 Å². The molecule has 1 aliphatic carbocycles. The normalized spacial score (nSPS) is 19.2. The molecule has 152 valence electrons. The van der Waals surface area contributed by atoms with Crippen LogP contribution in [0.4, 0.5) is 5.69 Å². The van der Waals surface area contributed by atoms with E-state index in [1.165, 1.54) is 10.7 Å². The lowest BCUT2D eigenvalue weighted by molar-refractivity contribution is -0.120. The summed E-state index contributed by atoms with van der Waals surface area (Å²) in [4.78, 5) is 13.0. The van der Waals surface area contributed by atoms with Crippen LogP contribution in [0.25, 0.3) is 10.8 Å². The number of sulfonamides is 1. The standard InChI is InChI=1S/C20H25N3O3S.ClH/c21-12-16(14-6-2-1-3-7-14)22-19(24)13-23-17-10-4-8-15-9-5-11-18(20(15)17)27(23,25)26;/h4-5,8-11,14,16H,1-3,6-7,12-13,21H2,(H,22,24);1H. The fourth-order valence-electron chi connectivity index (χ4n) is 4.42. The molecule has 4 rings (SSSR count). The van der Waals surface area contributed by atoms with Crippen LogP contribution in [-0.2, 0) is 14.8 Å². The van der Waals surface area contributed by atoms with Crippen molar-refractivity contribution in [1.82, 2.24) is 5.32 Å². The van der Waals surface area contributed by atoms with Gasteiger partial charge in [-0.15, -0.1) is 12.4 Å². The summed E-state index contributed by atoms with van der Waals surface area (Å²) in [5.74, 6) is 0.0768. The first-order valence-electron chi connectivity index (χ1n) is 9.56. The van der Waals surface area contributed by atoms with Gasteiger partial charge >= 0.3 is 0 Å². The van der Waals surface area contributed by atoms with Crippen LogP contribution in [0.15, 0.2) is 41.3 Å². The largest absolute Gasteiger partial charge is 0.350 e. The van der Waals surface area contributed by atoms with Crippen LogP contribution >= 0.6 is 12.4 Å². The van der Waals surface area contributed by atoms with Crippen molar-refractivity contribution in [2.24, 2.45) is 11.7 Å². The third-order valence-electron chi connectivity index (χ3n) is 5.79. The SMILES string of the molecule is Cl.NCC(NC(=O)CN1c2cccc3cccc(c23)S1(=O)=O)C1CCCCC1. The molecular weight excluding hydrogens is 398 g/mol. The number of hydrogen-bond acceptors (Lipinski definition) is 4. The van der Waals surface area contributed by atoms with Gasteiger partial charge in [0.2, 0.25) is 5.91 Å². The molecule has 1 aliphatic heterocycles. The summed E-state index contributed by atoms with van der Waals surface area (Å²) >= 11 is 0. The van der Waals surface area contributed by atoms with Crippen LogP contribution < -0.4 is 15.4 Å². The number of rotatable bonds is 5.